The van der Waals surface area contributed by atoms with Crippen LogP contribution in [0.4, 0.5) is 0 Å². The molecule has 1 heterocycles. The van der Waals surface area contributed by atoms with Crippen molar-refractivity contribution >= 4 is 29.7 Å². The van der Waals surface area contributed by atoms with E-state index >= 15 is 0 Å². The molecule has 3 unspecified atom stereocenters. The van der Waals surface area contributed by atoms with Crippen LogP contribution in [0.3, 0.4) is 0 Å². The quantitative estimate of drug-likeness (QED) is 0.197. The Kier molecular flexibility index (Phi) is 9.61. The number of phenols is 1. The molecule has 0 bridgehead atoms. The van der Waals surface area contributed by atoms with Gasteiger partial charge in [-0.2, -0.15) is 0 Å². The van der Waals surface area contributed by atoms with E-state index < -0.39 is 48.8 Å². The molecule has 3 atom stereocenters. The minimum Gasteiger partial charge on any atom is -0.508 e. The molecule has 1 fully saturated rings. The zero-order valence-corrected chi connectivity index (χ0v) is 17.9. The van der Waals surface area contributed by atoms with E-state index in [0.717, 1.165) is 6.42 Å². The van der Waals surface area contributed by atoms with Crippen LogP contribution in [0.5, 0.6) is 5.75 Å². The summed E-state index contributed by atoms with van der Waals surface area (Å²) >= 11 is 0. The summed E-state index contributed by atoms with van der Waals surface area (Å²) in [4.78, 5) is 59.5. The van der Waals surface area contributed by atoms with Crippen molar-refractivity contribution in [3.8, 4) is 5.75 Å². The van der Waals surface area contributed by atoms with Gasteiger partial charge in [-0.3, -0.25) is 19.2 Å². The molecule has 33 heavy (non-hydrogen) atoms. The summed E-state index contributed by atoms with van der Waals surface area (Å²) in [6.07, 6.45) is 0.694. The number of carboxylic acids is 2. The predicted octanol–water partition coefficient (Wildman–Crippen LogP) is -1.28. The van der Waals surface area contributed by atoms with Gasteiger partial charge in [-0.05, 0) is 43.5 Å². The summed E-state index contributed by atoms with van der Waals surface area (Å²) < 4.78 is 0. The first kappa shape index (κ1) is 25.6. The highest BCUT2D eigenvalue weighted by Crippen LogP contribution is 2.12. The molecular formula is C21H28N4O8. The molecule has 1 aromatic carbocycles. The van der Waals surface area contributed by atoms with Crippen LogP contribution < -0.4 is 21.3 Å². The van der Waals surface area contributed by atoms with Crippen molar-refractivity contribution in [3.63, 3.8) is 0 Å². The number of nitrogens with one attached hydrogen (secondary N) is 4. The summed E-state index contributed by atoms with van der Waals surface area (Å²) in [7, 11) is 0. The van der Waals surface area contributed by atoms with E-state index in [1.54, 1.807) is 0 Å². The summed E-state index contributed by atoms with van der Waals surface area (Å²) in [5.41, 5.74) is 0.537. The third-order valence-electron chi connectivity index (χ3n) is 5.09. The normalized spacial score (nSPS) is 16.9. The number of carbonyl (C=O) groups excluding carboxylic acids is 3. The molecule has 2 rings (SSSR count). The van der Waals surface area contributed by atoms with Crippen molar-refractivity contribution < 1.29 is 39.3 Å². The monoisotopic (exact) mass is 464 g/mol. The van der Waals surface area contributed by atoms with Crippen LogP contribution in [-0.2, 0) is 30.4 Å². The number of rotatable bonds is 12. The first-order chi connectivity index (χ1) is 15.7. The van der Waals surface area contributed by atoms with Crippen molar-refractivity contribution in [2.75, 3.05) is 13.1 Å². The Labute approximate surface area is 189 Å². The first-order valence-electron chi connectivity index (χ1n) is 10.5. The summed E-state index contributed by atoms with van der Waals surface area (Å²) in [6.45, 7) is 0.292. The number of aliphatic carboxylic acids is 2. The lowest BCUT2D eigenvalue weighted by atomic mass is 10.0. The van der Waals surface area contributed by atoms with Crippen molar-refractivity contribution in [2.45, 2.75) is 50.2 Å². The van der Waals surface area contributed by atoms with Gasteiger partial charge in [0.1, 0.15) is 17.8 Å². The SMILES string of the molecule is O=C(O)CCC(NC(=O)CNC(=O)C1CCCN1)C(=O)NC(Cc1ccc(O)cc1)C(=O)O. The Bertz CT molecular complexity index is 868. The van der Waals surface area contributed by atoms with Gasteiger partial charge < -0.3 is 36.6 Å². The molecule has 7 N–H and O–H groups in total. The van der Waals surface area contributed by atoms with Crippen LogP contribution in [0.25, 0.3) is 0 Å². The summed E-state index contributed by atoms with van der Waals surface area (Å²) in [6, 6.07) is 2.71. The Balaban J connectivity index is 1.97. The molecule has 1 aromatic rings. The highest BCUT2D eigenvalue weighted by molar-refractivity contribution is 5.92. The number of aromatic hydroxyl groups is 1. The number of hydrogen-bond acceptors (Lipinski definition) is 7. The maximum Gasteiger partial charge on any atom is 0.326 e. The van der Waals surface area contributed by atoms with Gasteiger partial charge in [0.15, 0.2) is 0 Å². The molecule has 0 radical (unpaired) electrons. The third-order valence-corrected chi connectivity index (χ3v) is 5.09. The fourth-order valence-corrected chi connectivity index (χ4v) is 3.32. The Morgan fingerprint density at radius 1 is 1.03 bits per heavy atom. The molecule has 1 aliphatic rings. The Morgan fingerprint density at radius 3 is 2.30 bits per heavy atom. The minimum absolute atomic E-state index is 0.00177. The fraction of sp³-hybridized carbons (Fsp3) is 0.476. The van der Waals surface area contributed by atoms with Gasteiger partial charge >= 0.3 is 11.9 Å². The van der Waals surface area contributed by atoms with Crippen LogP contribution in [0.15, 0.2) is 24.3 Å². The number of carboxylic acid groups (broad SMARTS) is 2. The van der Waals surface area contributed by atoms with Crippen LogP contribution in [0.1, 0.15) is 31.2 Å². The molecule has 0 saturated carbocycles. The first-order valence-corrected chi connectivity index (χ1v) is 10.5. The topological polar surface area (TPSA) is 194 Å². The van der Waals surface area contributed by atoms with Crippen molar-refractivity contribution in [1.82, 2.24) is 21.3 Å². The lowest BCUT2D eigenvalue weighted by molar-refractivity contribution is -0.143. The van der Waals surface area contributed by atoms with Crippen molar-refractivity contribution in [3.05, 3.63) is 29.8 Å². The zero-order chi connectivity index (χ0) is 24.4. The molecule has 0 spiro atoms. The van der Waals surface area contributed by atoms with Crippen molar-refractivity contribution in [2.24, 2.45) is 0 Å². The number of benzene rings is 1. The number of phenolic OH excluding ortho intramolecular Hbond substituents is 1. The third kappa shape index (κ3) is 8.77. The number of amides is 3. The number of carbonyl (C=O) groups is 5. The standard InChI is InChI=1S/C21H28N4O8/c26-13-5-3-12(4-6-13)10-16(21(32)33)25-20(31)15(7-8-18(28)29)24-17(27)11-23-19(30)14-2-1-9-22-14/h3-6,14-16,22,26H,1-2,7-11H2,(H,23,30)(H,24,27)(H,25,31)(H,28,29)(H,32,33). The molecule has 180 valence electrons. The van der Waals surface area contributed by atoms with Crippen LogP contribution in [0.2, 0.25) is 0 Å². The van der Waals surface area contributed by atoms with Gasteiger partial charge in [-0.25, -0.2) is 4.79 Å². The summed E-state index contributed by atoms with van der Waals surface area (Å²) in [5, 5.41) is 37.9. The van der Waals surface area contributed by atoms with E-state index in [2.05, 4.69) is 21.3 Å². The van der Waals surface area contributed by atoms with Crippen molar-refractivity contribution in [1.29, 1.82) is 0 Å². The molecule has 1 aliphatic heterocycles. The minimum atomic E-state index is -1.35. The van der Waals surface area contributed by atoms with Gasteiger partial charge in [0.2, 0.25) is 17.7 Å². The van der Waals surface area contributed by atoms with Gasteiger partial charge in [0.25, 0.3) is 0 Å². The van der Waals surface area contributed by atoms with E-state index in [1.165, 1.54) is 24.3 Å². The van der Waals surface area contributed by atoms with E-state index in [-0.39, 0.29) is 30.5 Å². The van der Waals surface area contributed by atoms with Gasteiger partial charge in [-0.15, -0.1) is 0 Å². The van der Waals surface area contributed by atoms with Gasteiger partial charge in [-0.1, -0.05) is 12.1 Å². The highest BCUT2D eigenvalue weighted by Gasteiger charge is 2.28. The zero-order valence-electron chi connectivity index (χ0n) is 17.9. The molecule has 12 nitrogen and oxygen atoms in total. The fourth-order valence-electron chi connectivity index (χ4n) is 3.32. The molecule has 0 aromatic heterocycles. The smallest absolute Gasteiger partial charge is 0.326 e. The Hall–Kier alpha value is -3.67. The van der Waals surface area contributed by atoms with E-state index in [1.807, 2.05) is 0 Å². The second-order valence-corrected chi connectivity index (χ2v) is 7.69. The number of hydrogen-bond donors (Lipinski definition) is 7. The second-order valence-electron chi connectivity index (χ2n) is 7.69. The molecule has 0 aliphatic carbocycles. The van der Waals surface area contributed by atoms with E-state index in [0.29, 0.717) is 18.5 Å². The van der Waals surface area contributed by atoms with E-state index in [4.69, 9.17) is 5.11 Å². The van der Waals surface area contributed by atoms with Crippen LogP contribution in [0, 0.1) is 0 Å². The average Bonchev–Trinajstić information content (AvgIpc) is 3.30. The summed E-state index contributed by atoms with van der Waals surface area (Å²) in [5.74, 6) is -4.44. The lowest BCUT2D eigenvalue weighted by Crippen LogP contribution is -2.54. The molecule has 12 heteroatoms. The molecule has 3 amide bonds. The highest BCUT2D eigenvalue weighted by atomic mass is 16.4. The molecule has 1 saturated heterocycles. The van der Waals surface area contributed by atoms with Gasteiger partial charge in [0, 0.05) is 12.8 Å². The maximum absolute atomic E-state index is 12.7. The van der Waals surface area contributed by atoms with Crippen LogP contribution in [-0.4, -0.2) is 76.2 Å². The molecular weight excluding hydrogens is 436 g/mol. The Morgan fingerprint density at radius 2 is 1.73 bits per heavy atom. The van der Waals surface area contributed by atoms with Gasteiger partial charge in [0.05, 0.1) is 12.6 Å². The van der Waals surface area contributed by atoms with Crippen LogP contribution >= 0.6 is 0 Å². The second kappa shape index (κ2) is 12.4. The predicted molar refractivity (Wildman–Crippen MR) is 114 cm³/mol. The largest absolute Gasteiger partial charge is 0.508 e. The average molecular weight is 464 g/mol. The maximum atomic E-state index is 12.7. The lowest BCUT2D eigenvalue weighted by Gasteiger charge is -2.21. The van der Waals surface area contributed by atoms with E-state index in [9.17, 15) is 34.2 Å².